The van der Waals surface area contributed by atoms with Crippen LogP contribution in [-0.2, 0) is 19.1 Å². The molecule has 248 valence electrons. The average Bonchev–Trinajstić information content (AvgIpc) is 3.58. The number of carboxylic acids is 1. The van der Waals surface area contributed by atoms with Crippen molar-refractivity contribution in [3.63, 3.8) is 0 Å². The highest BCUT2D eigenvalue weighted by Crippen LogP contribution is 2.89. The lowest BCUT2D eigenvalue weighted by Gasteiger charge is -2.64. The third-order valence-corrected chi connectivity index (χ3v) is 15.0. The number of aliphatic hydroxyl groups excluding tert-OH is 4. The predicted molar refractivity (Wildman–Crippen MR) is 161 cm³/mol. The number of ether oxygens (including phenoxy) is 2. The number of hydrogen-bond donors (Lipinski definition) is 5. The normalized spacial score (nSPS) is 53.4. The fourth-order valence-corrected chi connectivity index (χ4v) is 12.3. The highest BCUT2D eigenvalue weighted by atomic mass is 16.7. The first-order valence-corrected chi connectivity index (χ1v) is 16.9. The smallest absolute Gasteiger partial charge is 0.312 e. The van der Waals surface area contributed by atoms with Crippen molar-refractivity contribution in [3.8, 4) is 0 Å². The number of allylic oxidation sites excluding steroid dienone is 1. The molecule has 0 radical (unpaired) electrons. The highest BCUT2D eigenvalue weighted by Gasteiger charge is 2.86. The topological polar surface area (TPSA) is 154 Å². The molecule has 5 saturated carbocycles. The minimum absolute atomic E-state index is 0.0702. The number of carbonyl (C=O) groups excluding carboxylic acids is 1. The van der Waals surface area contributed by atoms with Crippen molar-refractivity contribution >= 4 is 11.8 Å². The second-order valence-electron chi connectivity index (χ2n) is 16.5. The molecule has 44 heavy (non-hydrogen) atoms. The van der Waals surface area contributed by atoms with Gasteiger partial charge in [-0.3, -0.25) is 9.59 Å². The number of carbonyl (C=O) groups is 2. The predicted octanol–water partition coefficient (Wildman–Crippen LogP) is 3.85. The molecule has 9 heteroatoms. The van der Waals surface area contributed by atoms with Gasteiger partial charge in [0.2, 0.25) is 0 Å². The molecule has 5 aliphatic carbocycles. The minimum atomic E-state index is -1.53. The summed E-state index contributed by atoms with van der Waals surface area (Å²) in [5.74, 6) is 0.210. The molecule has 1 saturated heterocycles. The second-order valence-corrected chi connectivity index (χ2v) is 16.5. The van der Waals surface area contributed by atoms with Gasteiger partial charge in [0, 0.05) is 18.3 Å². The first kappa shape index (κ1) is 32.6. The van der Waals surface area contributed by atoms with Gasteiger partial charge in [-0.1, -0.05) is 27.4 Å². The van der Waals surface area contributed by atoms with Gasteiger partial charge >= 0.3 is 5.97 Å². The van der Waals surface area contributed by atoms with Gasteiger partial charge in [-0.25, -0.2) is 0 Å². The summed E-state index contributed by atoms with van der Waals surface area (Å²) < 4.78 is 11.6. The fourth-order valence-electron chi connectivity index (χ4n) is 12.3. The van der Waals surface area contributed by atoms with Crippen molar-refractivity contribution in [1.29, 1.82) is 0 Å². The van der Waals surface area contributed by atoms with Gasteiger partial charge in [-0.05, 0) is 111 Å². The molecular weight excluding hydrogens is 564 g/mol. The van der Waals surface area contributed by atoms with Crippen LogP contribution in [0.15, 0.2) is 12.2 Å². The van der Waals surface area contributed by atoms with Gasteiger partial charge < -0.3 is 35.0 Å². The Bertz CT molecular complexity index is 1200. The number of aliphatic carboxylic acids is 1. The molecule has 0 unspecified atom stereocenters. The number of carboxylic acid groups (broad SMARTS) is 1. The van der Waals surface area contributed by atoms with Crippen molar-refractivity contribution in [2.24, 2.45) is 50.7 Å². The van der Waals surface area contributed by atoms with Crippen molar-refractivity contribution in [3.05, 3.63) is 12.2 Å². The fraction of sp³-hybridized carbons (Fsp3) is 0.886. The van der Waals surface area contributed by atoms with Crippen LogP contribution in [0, 0.1) is 50.7 Å². The van der Waals surface area contributed by atoms with Gasteiger partial charge in [0.25, 0.3) is 0 Å². The lowest BCUT2D eigenvalue weighted by Crippen LogP contribution is -2.65. The van der Waals surface area contributed by atoms with E-state index in [2.05, 4.69) is 27.4 Å². The van der Waals surface area contributed by atoms with Crippen molar-refractivity contribution < 1.29 is 44.6 Å². The summed E-state index contributed by atoms with van der Waals surface area (Å²) in [5, 5.41) is 53.4. The highest BCUT2D eigenvalue weighted by molar-refractivity contribution is 5.94. The van der Waals surface area contributed by atoms with Crippen LogP contribution in [0.25, 0.3) is 0 Å². The van der Waals surface area contributed by atoms with Crippen LogP contribution in [-0.4, -0.2) is 80.7 Å². The summed E-state index contributed by atoms with van der Waals surface area (Å²) in [6.07, 6.45) is 0.995. The largest absolute Gasteiger partial charge is 0.481 e. The SMILES string of the molecule is C=C(C)C(=O)CC[C@@H](C)[C@H]1CC[C@@]2(C)[C@@H]3CC[C@H]4[C@](C)(C(=O)O)[C@@H](O[C@@H]5OC[C@@H](O)[C@H](O)[C@H]5O)C[C@H](O)[C@@]45C[C@@]35CC[C@]12C. The van der Waals surface area contributed by atoms with Crippen LogP contribution in [0.2, 0.25) is 0 Å². The Morgan fingerprint density at radius 1 is 0.977 bits per heavy atom. The summed E-state index contributed by atoms with van der Waals surface area (Å²) in [5.41, 5.74) is -1.11. The third-order valence-electron chi connectivity index (χ3n) is 15.0. The molecule has 6 rings (SSSR count). The van der Waals surface area contributed by atoms with Gasteiger partial charge in [0.15, 0.2) is 12.1 Å². The van der Waals surface area contributed by atoms with Crippen molar-refractivity contribution in [1.82, 2.24) is 0 Å². The molecule has 0 bridgehead atoms. The van der Waals surface area contributed by atoms with E-state index in [0.29, 0.717) is 36.2 Å². The summed E-state index contributed by atoms with van der Waals surface area (Å²) in [7, 11) is 0. The average molecular weight is 619 g/mol. The summed E-state index contributed by atoms with van der Waals surface area (Å²) >= 11 is 0. The van der Waals surface area contributed by atoms with Crippen LogP contribution >= 0.6 is 0 Å². The Hall–Kier alpha value is -1.36. The van der Waals surface area contributed by atoms with E-state index < -0.39 is 53.6 Å². The zero-order valence-corrected chi connectivity index (χ0v) is 27.1. The lowest BCUT2D eigenvalue weighted by atomic mass is 9.41. The molecule has 1 aliphatic heterocycles. The van der Waals surface area contributed by atoms with Crippen LogP contribution in [0.5, 0.6) is 0 Å². The second kappa shape index (κ2) is 10.6. The summed E-state index contributed by atoms with van der Waals surface area (Å²) in [6.45, 7) is 14.4. The van der Waals surface area contributed by atoms with Crippen LogP contribution in [0.4, 0.5) is 0 Å². The van der Waals surface area contributed by atoms with E-state index in [1.54, 1.807) is 13.8 Å². The Labute approximate surface area is 261 Å². The van der Waals surface area contributed by atoms with Gasteiger partial charge in [-0.2, -0.15) is 0 Å². The van der Waals surface area contributed by atoms with E-state index in [1.165, 1.54) is 0 Å². The van der Waals surface area contributed by atoms with Gasteiger partial charge in [0.05, 0.1) is 24.2 Å². The number of hydrogen-bond acceptors (Lipinski definition) is 8. The molecular formula is C35H54O9. The van der Waals surface area contributed by atoms with Crippen molar-refractivity contribution in [2.75, 3.05) is 6.61 Å². The van der Waals surface area contributed by atoms with E-state index in [-0.39, 0.29) is 41.0 Å². The maximum atomic E-state index is 13.2. The number of Topliss-reactive ketones (excluding diaryl/α,β-unsaturated/α-hetero) is 1. The molecule has 6 aliphatic rings. The van der Waals surface area contributed by atoms with Crippen molar-refractivity contribution in [2.45, 2.75) is 136 Å². The molecule has 15 atom stereocenters. The zero-order valence-electron chi connectivity index (χ0n) is 27.1. The van der Waals surface area contributed by atoms with E-state index in [1.807, 2.05) is 0 Å². The third kappa shape index (κ3) is 4.11. The Morgan fingerprint density at radius 3 is 2.32 bits per heavy atom. The lowest BCUT2D eigenvalue weighted by molar-refractivity contribution is -0.309. The maximum Gasteiger partial charge on any atom is 0.312 e. The standard InChI is InChI=1S/C35H54O9/c1-18(2)21(36)8-7-19(3)20-11-12-32(5)23-9-10-24-33(6,30(41)42)26(44-29-28(40)27(39)22(37)16-43-29)15-25(38)35(24)17-34(23,35)14-13-31(20,32)4/h19-20,22-29,37-40H,1,7-17H2,2-6H3,(H,41,42)/t19-,20-,22-,23+,24+,25+,26+,27+,28-,29+,31-,32+,33+,34+,35-/m1/s1. The number of ketones is 1. The summed E-state index contributed by atoms with van der Waals surface area (Å²) in [6, 6.07) is 0. The monoisotopic (exact) mass is 618 g/mol. The molecule has 6 fully saturated rings. The Morgan fingerprint density at radius 2 is 1.66 bits per heavy atom. The minimum Gasteiger partial charge on any atom is -0.481 e. The molecule has 0 aromatic carbocycles. The van der Waals surface area contributed by atoms with E-state index in [9.17, 15) is 35.1 Å². The Balaban J connectivity index is 1.26. The van der Waals surface area contributed by atoms with Crippen LogP contribution in [0.1, 0.15) is 98.8 Å². The molecule has 0 aromatic heterocycles. The molecule has 5 N–H and O–H groups in total. The van der Waals surface area contributed by atoms with E-state index >= 15 is 0 Å². The van der Waals surface area contributed by atoms with Gasteiger partial charge in [0.1, 0.15) is 18.3 Å². The van der Waals surface area contributed by atoms with E-state index in [0.717, 1.165) is 44.9 Å². The zero-order chi connectivity index (χ0) is 32.2. The maximum absolute atomic E-state index is 13.2. The van der Waals surface area contributed by atoms with Gasteiger partial charge in [-0.15, -0.1) is 0 Å². The number of aliphatic hydroxyl groups is 4. The molecule has 9 nitrogen and oxygen atoms in total. The molecule has 2 spiro atoms. The molecule has 0 aromatic rings. The number of fused-ring (bicyclic) bond motifs is 2. The van der Waals surface area contributed by atoms with E-state index in [4.69, 9.17) is 9.47 Å². The quantitative estimate of drug-likeness (QED) is 0.202. The summed E-state index contributed by atoms with van der Waals surface area (Å²) in [4.78, 5) is 25.5. The molecule has 1 heterocycles. The Kier molecular flexibility index (Phi) is 7.83. The first-order chi connectivity index (χ1) is 20.5. The first-order valence-electron chi connectivity index (χ1n) is 16.9. The number of rotatable bonds is 8. The van der Waals surface area contributed by atoms with Crippen LogP contribution < -0.4 is 0 Å². The van der Waals surface area contributed by atoms with Crippen LogP contribution in [0.3, 0.4) is 0 Å². The molecule has 0 amide bonds.